The first-order valence-corrected chi connectivity index (χ1v) is 9.67. The second kappa shape index (κ2) is 7.10. The zero-order valence-electron chi connectivity index (χ0n) is 16.1. The number of fused-ring (bicyclic) bond motifs is 2. The number of nitrogens with zero attached hydrogens (tertiary/aromatic N) is 1. The van der Waals surface area contributed by atoms with Crippen LogP contribution in [0.25, 0.3) is 22.3 Å². The van der Waals surface area contributed by atoms with Gasteiger partial charge >= 0.3 is 0 Å². The highest BCUT2D eigenvalue weighted by molar-refractivity contribution is 5.95. The van der Waals surface area contributed by atoms with E-state index in [0.29, 0.717) is 6.61 Å². The van der Waals surface area contributed by atoms with Crippen LogP contribution >= 0.6 is 0 Å². The first-order valence-electron chi connectivity index (χ1n) is 9.67. The molecule has 1 aliphatic heterocycles. The van der Waals surface area contributed by atoms with Crippen molar-refractivity contribution >= 4 is 22.6 Å². The average molecular weight is 363 g/mol. The predicted molar refractivity (Wildman–Crippen MR) is 108 cm³/mol. The highest BCUT2D eigenvalue weighted by Gasteiger charge is 2.30. The van der Waals surface area contributed by atoms with Gasteiger partial charge in [0.25, 0.3) is 0 Å². The van der Waals surface area contributed by atoms with E-state index >= 15 is 0 Å². The molecule has 4 heteroatoms. The fraction of sp³-hybridized carbons (Fsp3) is 0.348. The topological polar surface area (TPSA) is 42.7 Å². The van der Waals surface area contributed by atoms with Gasteiger partial charge in [-0.05, 0) is 50.5 Å². The summed E-state index contributed by atoms with van der Waals surface area (Å²) in [7, 11) is 0. The summed E-state index contributed by atoms with van der Waals surface area (Å²) in [4.78, 5) is 14.1. The van der Waals surface area contributed by atoms with Gasteiger partial charge in [0.1, 0.15) is 17.1 Å². The molecule has 1 aromatic heterocycles. The monoisotopic (exact) mass is 363 g/mol. The molecule has 1 atom stereocenters. The van der Waals surface area contributed by atoms with Crippen molar-refractivity contribution in [2.24, 2.45) is 0 Å². The van der Waals surface area contributed by atoms with Gasteiger partial charge in [-0.2, -0.15) is 0 Å². The third-order valence-electron chi connectivity index (χ3n) is 5.23. The number of hydrogen-bond acceptors (Lipinski definition) is 3. The molecule has 0 N–H and O–H groups in total. The number of benzene rings is 2. The molecule has 0 saturated heterocycles. The van der Waals surface area contributed by atoms with Crippen LogP contribution in [0.2, 0.25) is 0 Å². The Labute approximate surface area is 159 Å². The Kier molecular flexibility index (Phi) is 4.65. The number of carbonyl (C=O) groups excluding carboxylic acids is 1. The number of hydrogen-bond donors (Lipinski definition) is 0. The zero-order chi connectivity index (χ0) is 19.0. The summed E-state index contributed by atoms with van der Waals surface area (Å²) in [5.41, 5.74) is 3.89. The molecular formula is C23H25NO3. The molecule has 2 heterocycles. The number of para-hydroxylation sites is 1. The Hall–Kier alpha value is -2.75. The summed E-state index contributed by atoms with van der Waals surface area (Å²) >= 11 is 0. The van der Waals surface area contributed by atoms with Gasteiger partial charge in [-0.1, -0.05) is 25.1 Å². The maximum atomic E-state index is 12.2. The summed E-state index contributed by atoms with van der Waals surface area (Å²) in [6.45, 7) is 6.47. The molecule has 27 heavy (non-hydrogen) atoms. The number of rotatable bonds is 4. The molecule has 0 unspecified atom stereocenters. The molecule has 0 fully saturated rings. The molecule has 0 bridgehead atoms. The number of furan rings is 1. The molecule has 4 nitrogen and oxygen atoms in total. The Morgan fingerprint density at radius 1 is 1.26 bits per heavy atom. The molecule has 4 rings (SSSR count). The van der Waals surface area contributed by atoms with E-state index in [-0.39, 0.29) is 11.9 Å². The van der Waals surface area contributed by atoms with Gasteiger partial charge in [0.05, 0.1) is 17.9 Å². The molecule has 1 amide bonds. The lowest BCUT2D eigenvalue weighted by molar-refractivity contribution is -0.117. The van der Waals surface area contributed by atoms with Crippen molar-refractivity contribution in [3.8, 4) is 17.1 Å². The Balaban J connectivity index is 1.88. The van der Waals surface area contributed by atoms with E-state index in [1.54, 1.807) is 6.92 Å². The molecular weight excluding hydrogens is 338 g/mol. The summed E-state index contributed by atoms with van der Waals surface area (Å²) in [5.74, 6) is 1.73. The molecule has 1 aliphatic rings. The summed E-state index contributed by atoms with van der Waals surface area (Å²) in [5, 5.41) is 1.07. The van der Waals surface area contributed by atoms with Gasteiger partial charge in [-0.25, -0.2) is 0 Å². The molecule has 0 radical (unpaired) electrons. The van der Waals surface area contributed by atoms with Crippen LogP contribution in [0.15, 0.2) is 46.9 Å². The van der Waals surface area contributed by atoms with E-state index in [1.807, 2.05) is 41.3 Å². The minimum Gasteiger partial charge on any atom is -0.492 e. The van der Waals surface area contributed by atoms with E-state index < -0.39 is 0 Å². The van der Waals surface area contributed by atoms with Crippen molar-refractivity contribution in [1.82, 2.24) is 0 Å². The summed E-state index contributed by atoms with van der Waals surface area (Å²) in [6, 6.07) is 14.3. The largest absolute Gasteiger partial charge is 0.492 e. The Morgan fingerprint density at radius 3 is 2.81 bits per heavy atom. The van der Waals surface area contributed by atoms with Crippen LogP contribution in [-0.2, 0) is 11.2 Å². The minimum absolute atomic E-state index is 0.0707. The lowest BCUT2D eigenvalue weighted by Gasteiger charge is -2.35. The van der Waals surface area contributed by atoms with Crippen molar-refractivity contribution in [1.29, 1.82) is 0 Å². The molecule has 0 saturated carbocycles. The highest BCUT2D eigenvalue weighted by atomic mass is 16.5. The van der Waals surface area contributed by atoms with Crippen LogP contribution in [0.3, 0.4) is 0 Å². The molecule has 0 spiro atoms. The predicted octanol–water partition coefficient (Wildman–Crippen LogP) is 5.58. The normalized spacial score (nSPS) is 16.4. The maximum Gasteiger partial charge on any atom is 0.224 e. The third-order valence-corrected chi connectivity index (χ3v) is 5.23. The lowest BCUT2D eigenvalue weighted by atomic mass is 9.93. The number of carbonyl (C=O) groups is 1. The fourth-order valence-electron chi connectivity index (χ4n) is 3.96. The van der Waals surface area contributed by atoms with Crippen molar-refractivity contribution < 1.29 is 13.9 Å². The van der Waals surface area contributed by atoms with Gasteiger partial charge < -0.3 is 14.1 Å². The Bertz CT molecular complexity index is 955. The lowest BCUT2D eigenvalue weighted by Crippen LogP contribution is -2.40. The first-order chi connectivity index (χ1) is 13.1. The van der Waals surface area contributed by atoms with Crippen LogP contribution in [0.1, 0.15) is 39.2 Å². The van der Waals surface area contributed by atoms with E-state index in [0.717, 1.165) is 58.6 Å². The second-order valence-corrected chi connectivity index (χ2v) is 7.21. The zero-order valence-corrected chi connectivity index (χ0v) is 16.1. The highest BCUT2D eigenvalue weighted by Crippen LogP contribution is 2.44. The Morgan fingerprint density at radius 2 is 2.07 bits per heavy atom. The molecule has 3 aromatic rings. The first kappa shape index (κ1) is 17.7. The summed E-state index contributed by atoms with van der Waals surface area (Å²) < 4.78 is 12.3. The van der Waals surface area contributed by atoms with Gasteiger partial charge in [0.15, 0.2) is 0 Å². The van der Waals surface area contributed by atoms with Gasteiger partial charge in [-0.3, -0.25) is 4.79 Å². The smallest absolute Gasteiger partial charge is 0.224 e. The molecule has 140 valence electrons. The third kappa shape index (κ3) is 3.09. The van der Waals surface area contributed by atoms with Crippen molar-refractivity contribution in [2.45, 2.75) is 46.1 Å². The standard InChI is InChI=1S/C23H25NO3/c1-4-13-26-23-18-10-9-15(2)24(16(3)25)20(18)12-11-19(23)22-14-17-7-5-6-8-21(17)27-22/h5-8,11-12,14-15H,4,9-10,13H2,1-3H3/t15-/m0/s1. The van der Waals surface area contributed by atoms with E-state index in [4.69, 9.17) is 9.15 Å². The van der Waals surface area contributed by atoms with Crippen LogP contribution in [0.5, 0.6) is 5.75 Å². The number of ether oxygens (including phenoxy) is 1. The number of amides is 1. The van der Waals surface area contributed by atoms with Gasteiger partial charge in [0, 0.05) is 23.9 Å². The van der Waals surface area contributed by atoms with E-state index in [1.165, 1.54) is 0 Å². The van der Waals surface area contributed by atoms with Crippen molar-refractivity contribution in [3.05, 3.63) is 48.0 Å². The quantitative estimate of drug-likeness (QED) is 0.608. The summed E-state index contributed by atoms with van der Waals surface area (Å²) in [6.07, 6.45) is 2.75. The van der Waals surface area contributed by atoms with Crippen LogP contribution in [0.4, 0.5) is 5.69 Å². The van der Waals surface area contributed by atoms with Gasteiger partial charge in [0.2, 0.25) is 5.91 Å². The van der Waals surface area contributed by atoms with Crippen LogP contribution < -0.4 is 9.64 Å². The number of anilines is 1. The average Bonchev–Trinajstić information content (AvgIpc) is 3.09. The molecule has 0 aliphatic carbocycles. The minimum atomic E-state index is 0.0707. The van der Waals surface area contributed by atoms with Crippen LogP contribution in [0, 0.1) is 0 Å². The van der Waals surface area contributed by atoms with Gasteiger partial charge in [-0.15, -0.1) is 0 Å². The maximum absolute atomic E-state index is 12.2. The van der Waals surface area contributed by atoms with Crippen LogP contribution in [-0.4, -0.2) is 18.6 Å². The molecule has 2 aromatic carbocycles. The fourth-order valence-corrected chi connectivity index (χ4v) is 3.96. The SMILES string of the molecule is CCCOc1c(-c2cc3ccccc3o2)ccc2c1CC[C@H](C)N2C(C)=O. The van der Waals surface area contributed by atoms with Crippen molar-refractivity contribution in [2.75, 3.05) is 11.5 Å². The van der Waals surface area contributed by atoms with E-state index in [9.17, 15) is 4.79 Å². The second-order valence-electron chi connectivity index (χ2n) is 7.21. The van der Waals surface area contributed by atoms with Crippen molar-refractivity contribution in [3.63, 3.8) is 0 Å². The van der Waals surface area contributed by atoms with E-state index in [2.05, 4.69) is 19.9 Å².